The van der Waals surface area contributed by atoms with Crippen LogP contribution in [0.4, 0.5) is 5.13 Å². The summed E-state index contributed by atoms with van der Waals surface area (Å²) in [4.78, 5) is 24.8. The predicted octanol–water partition coefficient (Wildman–Crippen LogP) is 3.28. The Labute approximate surface area is 153 Å². The van der Waals surface area contributed by atoms with Crippen LogP contribution in [0.2, 0.25) is 0 Å². The van der Waals surface area contributed by atoms with Crippen molar-refractivity contribution in [2.45, 2.75) is 31.7 Å². The molecule has 9 heteroatoms. The van der Waals surface area contributed by atoms with E-state index in [0.717, 1.165) is 20.9 Å². The molecule has 2 aromatic rings. The number of amides is 1. The summed E-state index contributed by atoms with van der Waals surface area (Å²) < 4.78 is 0.782. The van der Waals surface area contributed by atoms with Gasteiger partial charge in [0.2, 0.25) is 11.0 Å². The average Bonchev–Trinajstić information content (AvgIpc) is 3.18. The molecule has 0 saturated carbocycles. The van der Waals surface area contributed by atoms with E-state index in [-0.39, 0.29) is 11.7 Å². The molecule has 6 nitrogen and oxygen atoms in total. The number of nitrogens with zero attached hydrogens (tertiary/aromatic N) is 2. The van der Waals surface area contributed by atoms with Crippen molar-refractivity contribution in [2.24, 2.45) is 5.92 Å². The summed E-state index contributed by atoms with van der Waals surface area (Å²) in [6.07, 6.45) is 0. The molecule has 2 rings (SSSR count). The highest BCUT2D eigenvalue weighted by Gasteiger charge is 2.12. The Balaban J connectivity index is 1.81. The molecule has 0 aromatic carbocycles. The monoisotopic (exact) mass is 384 g/mol. The maximum Gasteiger partial charge on any atom is 0.217 e. The number of anilines is 1. The molecule has 2 N–H and O–H groups in total. The topological polar surface area (TPSA) is 84.0 Å². The van der Waals surface area contributed by atoms with E-state index in [0.29, 0.717) is 23.1 Å². The first-order chi connectivity index (χ1) is 11.4. The number of Topliss-reactive ketones (excluding diaryl/α,β-unsaturated/α-hetero) is 1. The van der Waals surface area contributed by atoms with Gasteiger partial charge < -0.3 is 10.6 Å². The van der Waals surface area contributed by atoms with E-state index >= 15 is 0 Å². The van der Waals surface area contributed by atoms with Gasteiger partial charge in [0.05, 0.1) is 17.2 Å². The number of thioether (sulfide) groups is 1. The zero-order chi connectivity index (χ0) is 17.5. The van der Waals surface area contributed by atoms with Crippen molar-refractivity contribution in [1.29, 1.82) is 0 Å². The summed E-state index contributed by atoms with van der Waals surface area (Å²) in [6.45, 7) is 7.04. The second kappa shape index (κ2) is 9.14. The van der Waals surface area contributed by atoms with Gasteiger partial charge in [-0.25, -0.2) is 0 Å². The Bertz CT molecular complexity index is 696. The maximum atomic E-state index is 12.2. The number of hydrogen-bond donors (Lipinski definition) is 2. The Hall–Kier alpha value is -1.45. The van der Waals surface area contributed by atoms with Crippen LogP contribution in [0.25, 0.3) is 0 Å². The van der Waals surface area contributed by atoms with E-state index < -0.39 is 0 Å². The molecule has 0 spiro atoms. The minimum Gasteiger partial charge on any atom is -0.360 e. The number of carbonyl (C=O) groups is 2. The van der Waals surface area contributed by atoms with Gasteiger partial charge in [0.1, 0.15) is 0 Å². The molecule has 0 aliphatic carbocycles. The van der Waals surface area contributed by atoms with E-state index in [1.165, 1.54) is 41.4 Å². The number of carbonyl (C=O) groups excluding carboxylic acids is 2. The zero-order valence-electron chi connectivity index (χ0n) is 13.8. The van der Waals surface area contributed by atoms with Gasteiger partial charge in [0, 0.05) is 18.3 Å². The third kappa shape index (κ3) is 6.21. The summed E-state index contributed by atoms with van der Waals surface area (Å²) in [5.74, 6) is 0.854. The molecule has 2 heterocycles. The molecular weight excluding hydrogens is 364 g/mol. The van der Waals surface area contributed by atoms with Crippen LogP contribution >= 0.6 is 34.4 Å². The molecule has 0 saturated heterocycles. The van der Waals surface area contributed by atoms with Gasteiger partial charge in [0.25, 0.3) is 0 Å². The first kappa shape index (κ1) is 18.9. The number of nitrogens with one attached hydrogen (secondary N) is 2. The number of rotatable bonds is 9. The molecule has 2 aromatic heterocycles. The number of ketones is 1. The van der Waals surface area contributed by atoms with Crippen molar-refractivity contribution in [3.63, 3.8) is 0 Å². The van der Waals surface area contributed by atoms with Crippen molar-refractivity contribution in [3.8, 4) is 0 Å². The molecule has 0 aliphatic heterocycles. The van der Waals surface area contributed by atoms with Crippen LogP contribution in [0.5, 0.6) is 0 Å². The lowest BCUT2D eigenvalue weighted by molar-refractivity contribution is -0.119. The minimum absolute atomic E-state index is 0.0611. The van der Waals surface area contributed by atoms with Gasteiger partial charge in [-0.2, -0.15) is 0 Å². The molecule has 1 amide bonds. The highest BCUT2D eigenvalue weighted by Crippen LogP contribution is 2.27. The van der Waals surface area contributed by atoms with Crippen LogP contribution < -0.4 is 10.6 Å². The van der Waals surface area contributed by atoms with Crippen LogP contribution in [0.1, 0.15) is 35.3 Å². The summed E-state index contributed by atoms with van der Waals surface area (Å²) in [7, 11) is 0. The zero-order valence-corrected chi connectivity index (χ0v) is 16.2. The normalized spacial score (nSPS) is 10.8. The van der Waals surface area contributed by atoms with Gasteiger partial charge >= 0.3 is 0 Å². The van der Waals surface area contributed by atoms with Gasteiger partial charge in [-0.15, -0.1) is 21.5 Å². The fourth-order valence-corrected chi connectivity index (χ4v) is 4.28. The fourth-order valence-electron chi connectivity index (χ4n) is 1.66. The van der Waals surface area contributed by atoms with Gasteiger partial charge in [-0.3, -0.25) is 9.59 Å². The van der Waals surface area contributed by atoms with Gasteiger partial charge in [0.15, 0.2) is 10.1 Å². The Kier molecular flexibility index (Phi) is 7.19. The molecule has 24 heavy (non-hydrogen) atoms. The first-order valence-electron chi connectivity index (χ1n) is 7.50. The molecule has 0 aliphatic rings. The average molecular weight is 385 g/mol. The molecular formula is C15H20N4O2S3. The third-order valence-corrected chi connectivity index (χ3v) is 5.98. The van der Waals surface area contributed by atoms with Crippen LogP contribution in [-0.2, 0) is 11.3 Å². The van der Waals surface area contributed by atoms with E-state index in [2.05, 4.69) is 34.7 Å². The van der Waals surface area contributed by atoms with E-state index in [4.69, 9.17) is 0 Å². The third-order valence-electron chi connectivity index (χ3n) is 2.84. The van der Waals surface area contributed by atoms with E-state index in [1.807, 2.05) is 6.07 Å². The molecule has 0 bridgehead atoms. The van der Waals surface area contributed by atoms with Gasteiger partial charge in [-0.1, -0.05) is 36.9 Å². The summed E-state index contributed by atoms with van der Waals surface area (Å²) >= 11 is 4.27. The summed E-state index contributed by atoms with van der Waals surface area (Å²) in [5, 5.41) is 14.9. The standard InChI is InChI=1S/C15H20N4O2S3/c1-9(2)6-17-14-18-19-15(24-14)22-8-12(21)13-5-4-11(23-13)7-16-10(3)20/h4-5,9H,6-8H2,1-3H3,(H,16,20)(H,17,18). The Morgan fingerprint density at radius 1 is 1.25 bits per heavy atom. The molecule has 0 fully saturated rings. The van der Waals surface area contributed by atoms with Crippen LogP contribution in [0.3, 0.4) is 0 Å². The second-order valence-electron chi connectivity index (χ2n) is 5.54. The molecule has 0 atom stereocenters. The Morgan fingerprint density at radius 2 is 2.04 bits per heavy atom. The van der Waals surface area contributed by atoms with Crippen molar-refractivity contribution in [2.75, 3.05) is 17.6 Å². The number of thiophene rings is 1. The number of hydrogen-bond acceptors (Lipinski definition) is 8. The minimum atomic E-state index is -0.0787. The highest BCUT2D eigenvalue weighted by molar-refractivity contribution is 8.01. The predicted molar refractivity (Wildman–Crippen MR) is 100 cm³/mol. The largest absolute Gasteiger partial charge is 0.360 e. The number of aromatic nitrogens is 2. The van der Waals surface area contributed by atoms with E-state index in [9.17, 15) is 9.59 Å². The quantitative estimate of drug-likeness (QED) is 0.510. The van der Waals surface area contributed by atoms with Crippen molar-refractivity contribution < 1.29 is 9.59 Å². The van der Waals surface area contributed by atoms with Crippen molar-refractivity contribution in [3.05, 3.63) is 21.9 Å². The maximum absolute atomic E-state index is 12.2. The lowest BCUT2D eigenvalue weighted by Gasteiger charge is -2.03. The molecule has 130 valence electrons. The Morgan fingerprint density at radius 3 is 2.75 bits per heavy atom. The lowest BCUT2D eigenvalue weighted by Crippen LogP contribution is -2.18. The molecule has 0 unspecified atom stereocenters. The molecule has 0 radical (unpaired) electrons. The summed E-state index contributed by atoms with van der Waals surface area (Å²) in [6, 6.07) is 3.68. The fraction of sp³-hybridized carbons (Fsp3) is 0.467. The van der Waals surface area contributed by atoms with Crippen LogP contribution in [0, 0.1) is 5.92 Å². The summed E-state index contributed by atoms with van der Waals surface area (Å²) in [5.41, 5.74) is 0. The second-order valence-corrected chi connectivity index (χ2v) is 8.90. The van der Waals surface area contributed by atoms with Crippen molar-refractivity contribution >= 4 is 51.3 Å². The smallest absolute Gasteiger partial charge is 0.217 e. The van der Waals surface area contributed by atoms with Crippen LogP contribution in [0.15, 0.2) is 16.5 Å². The van der Waals surface area contributed by atoms with Gasteiger partial charge in [-0.05, 0) is 18.1 Å². The van der Waals surface area contributed by atoms with Crippen molar-refractivity contribution in [1.82, 2.24) is 15.5 Å². The SMILES string of the molecule is CC(=O)NCc1ccc(C(=O)CSc2nnc(NCC(C)C)s2)s1. The van der Waals surface area contributed by atoms with Crippen LogP contribution in [-0.4, -0.2) is 34.2 Å². The lowest BCUT2D eigenvalue weighted by atomic mass is 10.2. The first-order valence-corrected chi connectivity index (χ1v) is 10.1. The highest BCUT2D eigenvalue weighted by atomic mass is 32.2. The van der Waals surface area contributed by atoms with E-state index in [1.54, 1.807) is 6.07 Å².